The van der Waals surface area contributed by atoms with E-state index in [1.165, 1.54) is 43.5 Å². The predicted molar refractivity (Wildman–Crippen MR) is 80.4 cm³/mol. The average Bonchev–Trinajstić information content (AvgIpc) is 3.24. The van der Waals surface area contributed by atoms with Gasteiger partial charge in [-0.2, -0.15) is 0 Å². The monoisotopic (exact) mass is 273 g/mol. The predicted octanol–water partition coefficient (Wildman–Crippen LogP) is 3.93. The van der Waals surface area contributed by atoms with Crippen LogP contribution in [0.1, 0.15) is 63.3 Å². The Morgan fingerprint density at radius 3 is 2.50 bits per heavy atom. The van der Waals surface area contributed by atoms with Crippen molar-refractivity contribution in [2.75, 3.05) is 0 Å². The number of fused-ring (bicyclic) bond motifs is 1. The normalized spacial score (nSPS) is 28.7. The Morgan fingerprint density at radius 1 is 1.25 bits per heavy atom. The topological polar surface area (TPSA) is 25.2 Å². The van der Waals surface area contributed by atoms with E-state index >= 15 is 0 Å². The van der Waals surface area contributed by atoms with Crippen LogP contribution in [-0.4, -0.2) is 9.67 Å². The molecular formula is C18H27NO. The van der Waals surface area contributed by atoms with Crippen LogP contribution in [0.2, 0.25) is 0 Å². The van der Waals surface area contributed by atoms with Gasteiger partial charge in [-0.1, -0.05) is 13.8 Å². The van der Waals surface area contributed by atoms with Crippen molar-refractivity contribution < 1.29 is 5.11 Å². The largest absolute Gasteiger partial charge is 0.388 e. The highest BCUT2D eigenvalue weighted by atomic mass is 16.3. The van der Waals surface area contributed by atoms with Crippen molar-refractivity contribution in [3.05, 3.63) is 23.5 Å². The lowest BCUT2D eigenvalue weighted by molar-refractivity contribution is 0.0974. The molecule has 0 radical (unpaired) electrons. The zero-order chi connectivity index (χ0) is 13.9. The Labute approximate surface area is 122 Å². The van der Waals surface area contributed by atoms with Gasteiger partial charge < -0.3 is 9.67 Å². The van der Waals surface area contributed by atoms with Crippen LogP contribution in [0.25, 0.3) is 0 Å². The van der Waals surface area contributed by atoms with Crippen molar-refractivity contribution in [1.29, 1.82) is 0 Å². The zero-order valence-corrected chi connectivity index (χ0v) is 12.8. The van der Waals surface area contributed by atoms with Gasteiger partial charge in [-0.05, 0) is 67.8 Å². The minimum atomic E-state index is -0.254. The first kappa shape index (κ1) is 12.9. The van der Waals surface area contributed by atoms with Crippen LogP contribution in [0.15, 0.2) is 12.3 Å². The van der Waals surface area contributed by atoms with E-state index in [2.05, 4.69) is 30.7 Å². The summed E-state index contributed by atoms with van der Waals surface area (Å²) >= 11 is 0. The Bertz CT molecular complexity index is 495. The molecule has 2 heteroatoms. The maximum absolute atomic E-state index is 10.4. The molecule has 1 N–H and O–H groups in total. The van der Waals surface area contributed by atoms with E-state index in [-0.39, 0.29) is 11.5 Å². The highest BCUT2D eigenvalue weighted by Gasteiger charge is 2.42. The third-order valence-corrected chi connectivity index (χ3v) is 5.73. The van der Waals surface area contributed by atoms with Crippen molar-refractivity contribution in [2.45, 2.75) is 65.0 Å². The van der Waals surface area contributed by atoms with Gasteiger partial charge in [0.05, 0.1) is 6.10 Å². The van der Waals surface area contributed by atoms with Crippen molar-refractivity contribution in [3.8, 4) is 0 Å². The molecule has 0 aliphatic heterocycles. The molecule has 3 aliphatic carbocycles. The van der Waals surface area contributed by atoms with Gasteiger partial charge in [-0.3, -0.25) is 0 Å². The molecule has 1 heterocycles. The van der Waals surface area contributed by atoms with E-state index in [0.717, 1.165) is 30.6 Å². The number of aliphatic hydroxyl groups excluding tert-OH is 1. The summed E-state index contributed by atoms with van der Waals surface area (Å²) in [5.74, 6) is 2.91. The molecule has 110 valence electrons. The number of rotatable bonds is 4. The van der Waals surface area contributed by atoms with Gasteiger partial charge >= 0.3 is 0 Å². The van der Waals surface area contributed by atoms with Gasteiger partial charge in [0, 0.05) is 24.0 Å². The molecule has 2 fully saturated rings. The summed E-state index contributed by atoms with van der Waals surface area (Å²) in [5.41, 5.74) is 2.85. The van der Waals surface area contributed by atoms with Crippen LogP contribution in [0.3, 0.4) is 0 Å². The zero-order valence-electron chi connectivity index (χ0n) is 12.8. The van der Waals surface area contributed by atoms with E-state index < -0.39 is 0 Å². The molecule has 1 atom stereocenters. The summed E-state index contributed by atoms with van der Waals surface area (Å²) in [6.45, 7) is 5.78. The number of aromatic nitrogens is 1. The molecule has 2 saturated carbocycles. The summed E-state index contributed by atoms with van der Waals surface area (Å²) in [4.78, 5) is 0. The molecule has 1 aromatic rings. The van der Waals surface area contributed by atoms with Crippen LogP contribution in [-0.2, 0) is 13.0 Å². The molecule has 3 aliphatic rings. The van der Waals surface area contributed by atoms with Gasteiger partial charge in [-0.25, -0.2) is 0 Å². The number of nitrogens with zero attached hydrogens (tertiary/aromatic N) is 1. The highest BCUT2D eigenvalue weighted by molar-refractivity contribution is 5.29. The number of aliphatic hydroxyl groups is 1. The van der Waals surface area contributed by atoms with E-state index in [1.54, 1.807) is 0 Å². The SMILES string of the molecule is CC1(C)Cc2c(ccn2CC(C2CC2)C2CC2)C(O)C1. The summed E-state index contributed by atoms with van der Waals surface area (Å²) < 4.78 is 2.49. The van der Waals surface area contributed by atoms with Gasteiger partial charge in [0.15, 0.2) is 0 Å². The van der Waals surface area contributed by atoms with Crippen molar-refractivity contribution in [3.63, 3.8) is 0 Å². The molecule has 1 aromatic heterocycles. The van der Waals surface area contributed by atoms with Crippen LogP contribution < -0.4 is 0 Å². The van der Waals surface area contributed by atoms with E-state index in [9.17, 15) is 5.11 Å². The second-order valence-corrected chi connectivity index (χ2v) is 8.27. The lowest BCUT2D eigenvalue weighted by Crippen LogP contribution is -2.27. The number of hydrogen-bond acceptors (Lipinski definition) is 1. The fraction of sp³-hybridized carbons (Fsp3) is 0.778. The molecule has 2 nitrogen and oxygen atoms in total. The van der Waals surface area contributed by atoms with Crippen LogP contribution in [0.4, 0.5) is 0 Å². The fourth-order valence-corrected chi connectivity index (χ4v) is 4.32. The average molecular weight is 273 g/mol. The van der Waals surface area contributed by atoms with Gasteiger partial charge in [0.25, 0.3) is 0 Å². The Balaban J connectivity index is 1.60. The second kappa shape index (κ2) is 4.37. The Morgan fingerprint density at radius 2 is 1.90 bits per heavy atom. The fourth-order valence-electron chi connectivity index (χ4n) is 4.32. The molecule has 0 aromatic carbocycles. The lowest BCUT2D eigenvalue weighted by atomic mass is 9.75. The Hall–Kier alpha value is -0.760. The van der Waals surface area contributed by atoms with Crippen LogP contribution in [0.5, 0.6) is 0 Å². The van der Waals surface area contributed by atoms with E-state index in [1.807, 2.05) is 0 Å². The minimum absolute atomic E-state index is 0.233. The smallest absolute Gasteiger partial charge is 0.0812 e. The highest BCUT2D eigenvalue weighted by Crippen LogP contribution is 2.50. The third kappa shape index (κ3) is 2.32. The van der Waals surface area contributed by atoms with Gasteiger partial charge in [0.1, 0.15) is 0 Å². The first-order valence-electron chi connectivity index (χ1n) is 8.39. The molecule has 0 amide bonds. The lowest BCUT2D eigenvalue weighted by Gasteiger charge is -2.34. The standard InChI is InChI=1S/C18H27NO/c1-18(2)9-16-14(17(20)10-18)7-8-19(16)11-15(12-3-4-12)13-5-6-13/h7-8,12-13,15,17,20H,3-6,9-11H2,1-2H3. The molecule has 4 rings (SSSR count). The van der Waals surface area contributed by atoms with E-state index in [4.69, 9.17) is 0 Å². The maximum atomic E-state index is 10.4. The van der Waals surface area contributed by atoms with E-state index in [0.29, 0.717) is 0 Å². The summed E-state index contributed by atoms with van der Waals surface area (Å²) in [7, 11) is 0. The van der Waals surface area contributed by atoms with Crippen molar-refractivity contribution >= 4 is 0 Å². The van der Waals surface area contributed by atoms with Gasteiger partial charge in [-0.15, -0.1) is 0 Å². The summed E-state index contributed by atoms with van der Waals surface area (Å²) in [5, 5.41) is 10.4. The van der Waals surface area contributed by atoms with Crippen molar-refractivity contribution in [1.82, 2.24) is 4.57 Å². The second-order valence-electron chi connectivity index (χ2n) is 8.27. The molecule has 20 heavy (non-hydrogen) atoms. The maximum Gasteiger partial charge on any atom is 0.0812 e. The quantitative estimate of drug-likeness (QED) is 0.883. The van der Waals surface area contributed by atoms with Crippen molar-refractivity contribution in [2.24, 2.45) is 23.2 Å². The summed E-state index contributed by atoms with van der Waals surface area (Å²) in [6.07, 6.45) is 9.84. The minimum Gasteiger partial charge on any atom is -0.388 e. The summed E-state index contributed by atoms with van der Waals surface area (Å²) in [6, 6.07) is 2.17. The third-order valence-electron chi connectivity index (χ3n) is 5.73. The first-order chi connectivity index (χ1) is 9.53. The first-order valence-corrected chi connectivity index (χ1v) is 8.39. The Kier molecular flexibility index (Phi) is 2.82. The molecule has 0 saturated heterocycles. The molecule has 0 bridgehead atoms. The molecule has 0 spiro atoms. The number of hydrogen-bond donors (Lipinski definition) is 1. The molecule has 1 unspecified atom stereocenters. The van der Waals surface area contributed by atoms with Gasteiger partial charge in [0.2, 0.25) is 0 Å². The van der Waals surface area contributed by atoms with Crippen LogP contribution in [0, 0.1) is 23.2 Å². The van der Waals surface area contributed by atoms with Crippen LogP contribution >= 0.6 is 0 Å². The molecular weight excluding hydrogens is 246 g/mol.